The van der Waals surface area contributed by atoms with Crippen LogP contribution in [0, 0.1) is 10.1 Å². The summed E-state index contributed by atoms with van der Waals surface area (Å²) in [5.41, 5.74) is -0.458. The van der Waals surface area contributed by atoms with Crippen molar-refractivity contribution >= 4 is 38.8 Å². The van der Waals surface area contributed by atoms with E-state index in [4.69, 9.17) is 16.3 Å². The van der Waals surface area contributed by atoms with Crippen molar-refractivity contribution in [2.24, 2.45) is 0 Å². The van der Waals surface area contributed by atoms with Crippen molar-refractivity contribution in [2.75, 3.05) is 11.8 Å². The first kappa shape index (κ1) is 24.7. The Balaban J connectivity index is 1.68. The summed E-state index contributed by atoms with van der Waals surface area (Å²) < 4.78 is 34.0. The fourth-order valence-corrected chi connectivity index (χ4v) is 4.59. The number of nitro groups is 1. The van der Waals surface area contributed by atoms with Crippen LogP contribution >= 0.6 is 11.6 Å². The Labute approximate surface area is 209 Å². The molecule has 0 spiro atoms. The van der Waals surface area contributed by atoms with Gasteiger partial charge >= 0.3 is 0 Å². The molecule has 4 rings (SSSR count). The number of sulfonamides is 1. The summed E-state index contributed by atoms with van der Waals surface area (Å²) in [5.74, 6) is -0.520. The number of phenolic OH excluding ortho intramolecular Hbond substituents is 1. The quantitative estimate of drug-likeness (QED) is 0.196. The minimum Gasteiger partial charge on any atom is -0.507 e. The van der Waals surface area contributed by atoms with E-state index < -0.39 is 26.4 Å². The second-order valence-corrected chi connectivity index (χ2v) is 9.53. The Morgan fingerprint density at radius 3 is 2.64 bits per heavy atom. The molecule has 0 fully saturated rings. The molecule has 4 aromatic rings. The van der Waals surface area contributed by atoms with Gasteiger partial charge in [-0.2, -0.15) is 5.10 Å². The van der Waals surface area contributed by atoms with Gasteiger partial charge in [0.1, 0.15) is 17.2 Å². The number of nitro benzene ring substituents is 1. The first-order valence-corrected chi connectivity index (χ1v) is 12.0. The molecule has 2 N–H and O–H groups in total. The predicted molar refractivity (Wildman–Crippen MR) is 131 cm³/mol. The van der Waals surface area contributed by atoms with Crippen molar-refractivity contribution in [1.29, 1.82) is 0 Å². The fraction of sp³-hybridized carbons (Fsp3) is 0.0435. The van der Waals surface area contributed by atoms with Gasteiger partial charge in [0.2, 0.25) is 0 Å². The van der Waals surface area contributed by atoms with Gasteiger partial charge in [0.25, 0.3) is 15.7 Å². The van der Waals surface area contributed by atoms with Gasteiger partial charge in [0, 0.05) is 17.3 Å². The third-order valence-corrected chi connectivity index (χ3v) is 6.68. The highest BCUT2D eigenvalue weighted by Crippen LogP contribution is 2.29. The van der Waals surface area contributed by atoms with Gasteiger partial charge in [0.05, 0.1) is 39.9 Å². The van der Waals surface area contributed by atoms with Gasteiger partial charge in [-0.1, -0.05) is 17.7 Å². The molecule has 0 unspecified atom stereocenters. The van der Waals surface area contributed by atoms with E-state index in [9.17, 15) is 28.4 Å². The number of anilines is 1. The second-order valence-electron chi connectivity index (χ2n) is 7.41. The van der Waals surface area contributed by atoms with E-state index in [1.165, 1.54) is 62.0 Å². The van der Waals surface area contributed by atoms with Crippen LogP contribution in [0.2, 0.25) is 5.02 Å². The Hall–Kier alpha value is -4.42. The molecular weight excluding hydrogens is 512 g/mol. The zero-order chi connectivity index (χ0) is 26.0. The van der Waals surface area contributed by atoms with Gasteiger partial charge in [-0.05, 0) is 48.5 Å². The molecule has 13 heteroatoms. The number of halogens is 1. The lowest BCUT2D eigenvalue weighted by Crippen LogP contribution is -2.14. The van der Waals surface area contributed by atoms with Gasteiger partial charge < -0.3 is 9.84 Å². The monoisotopic (exact) mass is 528 g/mol. The summed E-state index contributed by atoms with van der Waals surface area (Å²) in [7, 11) is -2.77. The highest BCUT2D eigenvalue weighted by molar-refractivity contribution is 7.92. The molecule has 0 aliphatic rings. The number of nitrogens with one attached hydrogen (secondary N) is 1. The molecule has 3 aromatic carbocycles. The third-order valence-electron chi connectivity index (χ3n) is 5.07. The van der Waals surface area contributed by atoms with Crippen LogP contribution in [0.3, 0.4) is 0 Å². The number of ketones is 1. The average molecular weight is 529 g/mol. The molecule has 0 atom stereocenters. The smallest absolute Gasteiger partial charge is 0.296 e. The van der Waals surface area contributed by atoms with Crippen LogP contribution in [0.4, 0.5) is 11.4 Å². The molecule has 0 saturated carbocycles. The van der Waals surface area contributed by atoms with Crippen LogP contribution in [0.1, 0.15) is 15.9 Å². The topological polar surface area (TPSA) is 154 Å². The molecule has 184 valence electrons. The molecule has 0 bridgehead atoms. The van der Waals surface area contributed by atoms with E-state index >= 15 is 0 Å². The minimum atomic E-state index is -4.18. The van der Waals surface area contributed by atoms with Gasteiger partial charge in [-0.25, -0.2) is 13.1 Å². The van der Waals surface area contributed by atoms with Crippen LogP contribution < -0.4 is 9.46 Å². The number of carbonyl (C=O) groups excluding carboxylic acids is 1. The van der Waals surface area contributed by atoms with Crippen LogP contribution in [0.5, 0.6) is 11.5 Å². The molecule has 0 aliphatic carbocycles. The molecule has 1 heterocycles. The summed E-state index contributed by atoms with van der Waals surface area (Å²) in [5, 5.41) is 26.2. The number of hydrogen-bond acceptors (Lipinski definition) is 8. The van der Waals surface area contributed by atoms with Crippen LogP contribution in [0.15, 0.2) is 78.0 Å². The molecule has 0 saturated heterocycles. The van der Waals surface area contributed by atoms with E-state index in [1.807, 2.05) is 0 Å². The number of carbonyl (C=O) groups is 1. The summed E-state index contributed by atoms with van der Waals surface area (Å²) >= 11 is 5.88. The van der Waals surface area contributed by atoms with E-state index in [0.29, 0.717) is 10.8 Å². The number of aromatic nitrogens is 2. The van der Waals surface area contributed by atoms with E-state index in [2.05, 4.69) is 9.82 Å². The Morgan fingerprint density at radius 2 is 1.94 bits per heavy atom. The average Bonchev–Trinajstić information content (AvgIpc) is 3.33. The predicted octanol–water partition coefficient (Wildman–Crippen LogP) is 4.18. The van der Waals surface area contributed by atoms with Crippen LogP contribution in [0.25, 0.3) is 5.69 Å². The minimum absolute atomic E-state index is 0.0344. The van der Waals surface area contributed by atoms with Gasteiger partial charge in [0.15, 0.2) is 5.78 Å². The Morgan fingerprint density at radius 1 is 1.17 bits per heavy atom. The van der Waals surface area contributed by atoms with Gasteiger partial charge in [-0.15, -0.1) is 0 Å². The maximum absolute atomic E-state index is 12.9. The van der Waals surface area contributed by atoms with E-state index in [1.54, 1.807) is 12.1 Å². The number of ether oxygens (including phenoxy) is 1. The zero-order valence-electron chi connectivity index (χ0n) is 18.5. The number of hydrogen-bond donors (Lipinski definition) is 2. The maximum atomic E-state index is 12.9. The number of nitrogens with zero attached hydrogens (tertiary/aromatic N) is 3. The van der Waals surface area contributed by atoms with Gasteiger partial charge in [-0.3, -0.25) is 19.6 Å². The molecule has 1 aromatic heterocycles. The number of aromatic hydroxyl groups is 1. The summed E-state index contributed by atoms with van der Waals surface area (Å²) in [6.45, 7) is 0. The maximum Gasteiger partial charge on any atom is 0.296 e. The summed E-state index contributed by atoms with van der Waals surface area (Å²) in [4.78, 5) is 23.5. The van der Waals surface area contributed by atoms with Crippen molar-refractivity contribution < 1.29 is 28.0 Å². The first-order valence-electron chi connectivity index (χ1n) is 10.1. The molecule has 0 amide bonds. The van der Waals surface area contributed by atoms with Crippen molar-refractivity contribution in [3.05, 3.63) is 99.3 Å². The zero-order valence-corrected chi connectivity index (χ0v) is 20.0. The molecule has 0 aliphatic heterocycles. The summed E-state index contributed by atoms with van der Waals surface area (Å²) in [6.07, 6.45) is 2.41. The van der Waals surface area contributed by atoms with Crippen LogP contribution in [-0.2, 0) is 10.0 Å². The molecule has 0 radical (unpaired) electrons. The first-order chi connectivity index (χ1) is 17.1. The molecule has 36 heavy (non-hydrogen) atoms. The highest BCUT2D eigenvalue weighted by atomic mass is 35.5. The lowest BCUT2D eigenvalue weighted by molar-refractivity contribution is -0.384. The number of rotatable bonds is 8. The van der Waals surface area contributed by atoms with Crippen molar-refractivity contribution in [2.45, 2.75) is 4.90 Å². The lowest BCUT2D eigenvalue weighted by atomic mass is 10.1. The molecule has 11 nitrogen and oxygen atoms in total. The normalized spacial score (nSPS) is 11.2. The van der Waals surface area contributed by atoms with Crippen molar-refractivity contribution in [1.82, 2.24) is 9.78 Å². The fourth-order valence-electron chi connectivity index (χ4n) is 3.33. The Kier molecular flexibility index (Phi) is 6.64. The van der Waals surface area contributed by atoms with Crippen LogP contribution in [-0.4, -0.2) is 41.1 Å². The number of methoxy groups -OCH3 is 1. The molecular formula is C23H17ClN4O7S. The lowest BCUT2D eigenvalue weighted by Gasteiger charge is -2.10. The highest BCUT2D eigenvalue weighted by Gasteiger charge is 2.24. The third kappa shape index (κ3) is 4.99. The summed E-state index contributed by atoms with van der Waals surface area (Å²) in [6, 6.07) is 13.4. The Bertz CT molecular complexity index is 1600. The second kappa shape index (κ2) is 9.68. The number of phenols is 1. The van der Waals surface area contributed by atoms with E-state index in [-0.39, 0.29) is 33.1 Å². The largest absolute Gasteiger partial charge is 0.507 e. The number of benzene rings is 3. The van der Waals surface area contributed by atoms with Crippen molar-refractivity contribution in [3.63, 3.8) is 0 Å². The van der Waals surface area contributed by atoms with Crippen molar-refractivity contribution in [3.8, 4) is 17.2 Å². The SMILES string of the molecule is COc1ccc(O)c(C(=O)c2cnn(-c3ccc(S(=O)(=O)Nc4cccc(Cl)c4)cc3[N+](=O)[O-])c2)c1. The van der Waals surface area contributed by atoms with E-state index in [0.717, 1.165) is 10.7 Å². The standard InChI is InChI=1S/C23H17ClN4O7S/c1-35-17-5-8-22(29)19(10-17)23(30)14-12-25-27(13-14)20-7-6-18(11-21(20)28(31)32)36(33,34)26-16-4-2-3-15(24)9-16/h2-13,26,29H,1H3.